The van der Waals surface area contributed by atoms with E-state index >= 15 is 0 Å². The van der Waals surface area contributed by atoms with E-state index in [1.807, 2.05) is 19.1 Å². The molecule has 2 aromatic rings. The Morgan fingerprint density at radius 1 is 1.21 bits per heavy atom. The van der Waals surface area contributed by atoms with Gasteiger partial charge in [-0.05, 0) is 26.0 Å². The molecule has 0 saturated heterocycles. The van der Waals surface area contributed by atoms with E-state index in [1.165, 1.54) is 0 Å². The van der Waals surface area contributed by atoms with Crippen LogP contribution in [0.2, 0.25) is 0 Å². The zero-order valence-electron chi connectivity index (χ0n) is 11.8. The maximum atomic E-state index is 4.52. The highest BCUT2D eigenvalue weighted by molar-refractivity contribution is 7.15. The van der Waals surface area contributed by atoms with Gasteiger partial charge in [-0.1, -0.05) is 31.3 Å². The van der Waals surface area contributed by atoms with E-state index in [1.54, 1.807) is 11.3 Å². The summed E-state index contributed by atoms with van der Waals surface area (Å²) in [6.45, 7) is 8.41. The van der Waals surface area contributed by atoms with Crippen LogP contribution < -0.4 is 5.32 Å². The Morgan fingerprint density at radius 2 is 2.00 bits per heavy atom. The van der Waals surface area contributed by atoms with E-state index in [9.17, 15) is 0 Å². The van der Waals surface area contributed by atoms with E-state index in [2.05, 4.69) is 47.3 Å². The second-order valence-corrected chi connectivity index (χ2v) is 6.13. The van der Waals surface area contributed by atoms with Crippen molar-refractivity contribution in [2.24, 2.45) is 0 Å². The molecule has 0 spiro atoms. The molecule has 1 N–H and O–H groups in total. The second-order valence-electron chi connectivity index (χ2n) is 5.12. The molecule has 5 heteroatoms. The Morgan fingerprint density at radius 3 is 2.63 bits per heavy atom. The van der Waals surface area contributed by atoms with Crippen molar-refractivity contribution in [1.82, 2.24) is 15.2 Å². The van der Waals surface area contributed by atoms with Crippen LogP contribution in [0, 0.1) is 6.92 Å². The smallest absolute Gasteiger partial charge is 0.205 e. The first-order valence-electron chi connectivity index (χ1n) is 6.57. The fraction of sp³-hybridized carbons (Fsp3) is 0.500. The number of nitrogens with one attached hydrogen (secondary N) is 1. The number of rotatable bonds is 5. The lowest BCUT2D eigenvalue weighted by atomic mass is 10.1. The normalized spacial score (nSPS) is 12.7. The topological polar surface area (TPSA) is 50.7 Å². The molecule has 102 valence electrons. The van der Waals surface area contributed by atoms with E-state index in [0.29, 0.717) is 12.0 Å². The lowest BCUT2D eigenvalue weighted by molar-refractivity contribution is 0.761. The summed E-state index contributed by atoms with van der Waals surface area (Å²) >= 11 is 1.63. The summed E-state index contributed by atoms with van der Waals surface area (Å²) < 4.78 is 0. The van der Waals surface area contributed by atoms with Gasteiger partial charge in [0.25, 0.3) is 0 Å². The van der Waals surface area contributed by atoms with Gasteiger partial charge in [-0.25, -0.2) is 0 Å². The molecule has 0 bridgehead atoms. The van der Waals surface area contributed by atoms with Gasteiger partial charge in [-0.15, -0.1) is 10.2 Å². The summed E-state index contributed by atoms with van der Waals surface area (Å²) in [6, 6.07) is 6.42. The molecular weight excluding hydrogens is 256 g/mol. The molecule has 1 atom stereocenters. The second kappa shape index (κ2) is 6.10. The molecule has 19 heavy (non-hydrogen) atoms. The molecule has 0 fully saturated rings. The van der Waals surface area contributed by atoms with Gasteiger partial charge in [0.05, 0.1) is 0 Å². The number of pyridine rings is 1. The Bertz CT molecular complexity index is 536. The van der Waals surface area contributed by atoms with Crippen molar-refractivity contribution in [3.05, 3.63) is 34.6 Å². The summed E-state index contributed by atoms with van der Waals surface area (Å²) in [5, 5.41) is 13.7. The van der Waals surface area contributed by atoms with Gasteiger partial charge in [0.2, 0.25) is 5.13 Å². The Kier molecular flexibility index (Phi) is 4.47. The molecule has 2 rings (SSSR count). The third-order valence-corrected chi connectivity index (χ3v) is 3.92. The third-order valence-electron chi connectivity index (χ3n) is 2.77. The Hall–Kier alpha value is -1.49. The van der Waals surface area contributed by atoms with Gasteiger partial charge in [0.1, 0.15) is 5.01 Å². The molecule has 0 saturated carbocycles. The third kappa shape index (κ3) is 3.99. The van der Waals surface area contributed by atoms with Gasteiger partial charge < -0.3 is 5.32 Å². The summed E-state index contributed by atoms with van der Waals surface area (Å²) in [6.07, 6.45) is 0.887. The first-order valence-corrected chi connectivity index (χ1v) is 7.38. The number of aromatic nitrogens is 3. The van der Waals surface area contributed by atoms with Crippen molar-refractivity contribution in [1.29, 1.82) is 0 Å². The Labute approximate surface area is 118 Å². The summed E-state index contributed by atoms with van der Waals surface area (Å²) in [7, 11) is 0. The molecule has 0 amide bonds. The van der Waals surface area contributed by atoms with Crippen molar-refractivity contribution < 1.29 is 0 Å². The molecule has 2 aromatic heterocycles. The maximum Gasteiger partial charge on any atom is 0.205 e. The minimum absolute atomic E-state index is 0.294. The largest absolute Gasteiger partial charge is 0.357 e. The van der Waals surface area contributed by atoms with Crippen LogP contribution in [0.1, 0.15) is 43.1 Å². The molecule has 4 nitrogen and oxygen atoms in total. The van der Waals surface area contributed by atoms with Gasteiger partial charge in [0, 0.05) is 29.8 Å². The zero-order valence-corrected chi connectivity index (χ0v) is 12.7. The minimum Gasteiger partial charge on any atom is -0.357 e. The molecule has 0 aliphatic carbocycles. The monoisotopic (exact) mass is 276 g/mol. The first kappa shape index (κ1) is 13.9. The maximum absolute atomic E-state index is 4.52. The fourth-order valence-corrected chi connectivity index (χ4v) is 2.67. The number of hydrogen-bond donors (Lipinski definition) is 1. The number of aryl methyl sites for hydroxylation is 1. The average molecular weight is 276 g/mol. The van der Waals surface area contributed by atoms with Crippen molar-refractivity contribution in [2.45, 2.75) is 46.1 Å². The van der Waals surface area contributed by atoms with Crippen molar-refractivity contribution in [3.8, 4) is 0 Å². The fourth-order valence-electron chi connectivity index (χ4n) is 1.81. The van der Waals surface area contributed by atoms with E-state index in [0.717, 1.165) is 27.9 Å². The predicted octanol–water partition coefficient (Wildman–Crippen LogP) is 3.41. The lowest BCUT2D eigenvalue weighted by Gasteiger charge is -2.12. The lowest BCUT2D eigenvalue weighted by Crippen LogP contribution is -2.18. The Balaban J connectivity index is 1.95. The van der Waals surface area contributed by atoms with Crippen LogP contribution in [0.5, 0.6) is 0 Å². The van der Waals surface area contributed by atoms with E-state index in [4.69, 9.17) is 0 Å². The van der Waals surface area contributed by atoms with Crippen molar-refractivity contribution in [2.75, 3.05) is 5.32 Å². The van der Waals surface area contributed by atoms with Crippen LogP contribution in [-0.2, 0) is 6.42 Å². The molecule has 0 aliphatic heterocycles. The van der Waals surface area contributed by atoms with Crippen LogP contribution in [-0.4, -0.2) is 21.2 Å². The summed E-state index contributed by atoms with van der Waals surface area (Å²) in [5.41, 5.74) is 2.16. The molecule has 0 aromatic carbocycles. The SMILES string of the molecule is Cc1cccc(C[C@@H](C)Nc2nnc(C(C)C)s2)n1. The first-order chi connectivity index (χ1) is 9.04. The van der Waals surface area contributed by atoms with Crippen molar-refractivity contribution >= 4 is 16.5 Å². The number of nitrogens with zero attached hydrogens (tertiary/aromatic N) is 3. The quantitative estimate of drug-likeness (QED) is 0.909. The van der Waals surface area contributed by atoms with Crippen LogP contribution in [0.25, 0.3) is 0 Å². The number of anilines is 1. The molecular formula is C14H20N4S. The highest BCUT2D eigenvalue weighted by Gasteiger charge is 2.10. The number of hydrogen-bond acceptors (Lipinski definition) is 5. The standard InChI is InChI=1S/C14H20N4S/c1-9(2)13-17-18-14(19-13)16-11(4)8-12-7-5-6-10(3)15-12/h5-7,9,11H,8H2,1-4H3,(H,16,18)/t11-/m1/s1. The van der Waals surface area contributed by atoms with Crippen molar-refractivity contribution in [3.63, 3.8) is 0 Å². The minimum atomic E-state index is 0.294. The van der Waals surface area contributed by atoms with Gasteiger partial charge in [0.15, 0.2) is 0 Å². The molecule has 0 aliphatic rings. The zero-order chi connectivity index (χ0) is 13.8. The molecule has 0 unspecified atom stereocenters. The summed E-state index contributed by atoms with van der Waals surface area (Å²) in [5.74, 6) is 0.432. The van der Waals surface area contributed by atoms with Crippen LogP contribution in [0.4, 0.5) is 5.13 Å². The summed E-state index contributed by atoms with van der Waals surface area (Å²) in [4.78, 5) is 4.52. The van der Waals surface area contributed by atoms with E-state index < -0.39 is 0 Å². The molecule has 2 heterocycles. The van der Waals surface area contributed by atoms with E-state index in [-0.39, 0.29) is 0 Å². The highest BCUT2D eigenvalue weighted by atomic mass is 32.1. The van der Waals surface area contributed by atoms with Gasteiger partial charge in [-0.2, -0.15) is 0 Å². The average Bonchev–Trinajstić information content (AvgIpc) is 2.77. The van der Waals surface area contributed by atoms with Crippen LogP contribution in [0.15, 0.2) is 18.2 Å². The molecule has 0 radical (unpaired) electrons. The van der Waals surface area contributed by atoms with Gasteiger partial charge in [-0.3, -0.25) is 4.98 Å². The van der Waals surface area contributed by atoms with Crippen LogP contribution in [0.3, 0.4) is 0 Å². The predicted molar refractivity (Wildman–Crippen MR) is 79.8 cm³/mol. The van der Waals surface area contributed by atoms with Gasteiger partial charge >= 0.3 is 0 Å². The van der Waals surface area contributed by atoms with Crippen LogP contribution >= 0.6 is 11.3 Å². The highest BCUT2D eigenvalue weighted by Crippen LogP contribution is 2.23.